The molecular formula is C12H13N3O3S. The first-order chi connectivity index (χ1) is 9.11. The van der Waals surface area contributed by atoms with E-state index in [1.165, 1.54) is 10.5 Å². The lowest BCUT2D eigenvalue weighted by Gasteiger charge is -2.20. The standard InChI is InChI=1S/C12H13N3O3S/c16-9-14-5-10-7-15(8-11(10)6-14)19(17,18)12-2-1-3-13-4-12/h1-4,9H,5-8H2. The first-order valence-corrected chi connectivity index (χ1v) is 7.34. The monoisotopic (exact) mass is 279 g/mol. The van der Waals surface area contributed by atoms with Crippen LogP contribution in [0.4, 0.5) is 0 Å². The van der Waals surface area contributed by atoms with Crippen LogP contribution in [-0.4, -0.2) is 55.2 Å². The molecule has 0 aliphatic carbocycles. The average molecular weight is 279 g/mol. The lowest BCUT2D eigenvalue weighted by molar-refractivity contribution is -0.117. The van der Waals surface area contributed by atoms with E-state index in [0.717, 1.165) is 17.6 Å². The summed E-state index contributed by atoms with van der Waals surface area (Å²) >= 11 is 0. The molecule has 0 saturated heterocycles. The third kappa shape index (κ3) is 2.04. The second kappa shape index (κ2) is 4.43. The van der Waals surface area contributed by atoms with Crippen LogP contribution in [0.15, 0.2) is 40.6 Å². The summed E-state index contributed by atoms with van der Waals surface area (Å²) in [5.41, 5.74) is 2.08. The van der Waals surface area contributed by atoms with Gasteiger partial charge in [0.15, 0.2) is 0 Å². The fourth-order valence-corrected chi connectivity index (χ4v) is 3.86. The van der Waals surface area contributed by atoms with Gasteiger partial charge in [-0.25, -0.2) is 8.42 Å². The molecule has 100 valence electrons. The summed E-state index contributed by atoms with van der Waals surface area (Å²) in [5, 5.41) is 0. The van der Waals surface area contributed by atoms with Crippen molar-refractivity contribution in [2.45, 2.75) is 4.90 Å². The Hall–Kier alpha value is -1.73. The van der Waals surface area contributed by atoms with Crippen molar-refractivity contribution in [3.8, 4) is 0 Å². The highest BCUT2D eigenvalue weighted by Crippen LogP contribution is 2.28. The highest BCUT2D eigenvalue weighted by Gasteiger charge is 2.35. The quantitative estimate of drug-likeness (QED) is 0.570. The van der Waals surface area contributed by atoms with Gasteiger partial charge in [0.2, 0.25) is 16.4 Å². The van der Waals surface area contributed by atoms with Gasteiger partial charge in [-0.1, -0.05) is 0 Å². The van der Waals surface area contributed by atoms with Crippen LogP contribution in [-0.2, 0) is 14.8 Å². The van der Waals surface area contributed by atoms with Crippen LogP contribution in [0, 0.1) is 0 Å². The van der Waals surface area contributed by atoms with E-state index in [0.29, 0.717) is 26.2 Å². The van der Waals surface area contributed by atoms with Gasteiger partial charge in [-0.3, -0.25) is 9.78 Å². The Kier molecular flexibility index (Phi) is 2.87. The van der Waals surface area contributed by atoms with Crippen molar-refractivity contribution in [3.05, 3.63) is 35.7 Å². The summed E-state index contributed by atoms with van der Waals surface area (Å²) in [6.07, 6.45) is 3.71. The lowest BCUT2D eigenvalue weighted by Crippen LogP contribution is -2.33. The van der Waals surface area contributed by atoms with Gasteiger partial charge in [0.1, 0.15) is 4.90 Å². The molecule has 0 saturated carbocycles. The van der Waals surface area contributed by atoms with E-state index in [9.17, 15) is 13.2 Å². The third-order valence-electron chi connectivity index (χ3n) is 3.44. The molecule has 0 N–H and O–H groups in total. The number of rotatable bonds is 3. The number of pyridine rings is 1. The summed E-state index contributed by atoms with van der Waals surface area (Å²) in [6.45, 7) is 1.82. The van der Waals surface area contributed by atoms with Crippen molar-refractivity contribution >= 4 is 16.4 Å². The Balaban J connectivity index is 1.79. The zero-order valence-electron chi connectivity index (χ0n) is 10.2. The first-order valence-electron chi connectivity index (χ1n) is 5.90. The normalized spacial score (nSPS) is 19.9. The summed E-state index contributed by atoms with van der Waals surface area (Å²) in [4.78, 5) is 16.4. The molecule has 0 fully saturated rings. The summed E-state index contributed by atoms with van der Waals surface area (Å²) in [6, 6.07) is 3.15. The fourth-order valence-electron chi connectivity index (χ4n) is 2.47. The third-order valence-corrected chi connectivity index (χ3v) is 5.22. The van der Waals surface area contributed by atoms with Crippen molar-refractivity contribution in [1.82, 2.24) is 14.2 Å². The van der Waals surface area contributed by atoms with Crippen LogP contribution < -0.4 is 0 Å². The number of sulfonamides is 1. The minimum atomic E-state index is -3.48. The van der Waals surface area contributed by atoms with E-state index < -0.39 is 10.0 Å². The number of nitrogens with zero attached hydrogens (tertiary/aromatic N) is 3. The molecule has 0 atom stereocenters. The van der Waals surface area contributed by atoms with E-state index in [4.69, 9.17) is 0 Å². The topological polar surface area (TPSA) is 70.6 Å². The van der Waals surface area contributed by atoms with Gasteiger partial charge in [0, 0.05) is 38.6 Å². The number of amides is 1. The zero-order chi connectivity index (χ0) is 13.5. The SMILES string of the molecule is O=CN1CC2=C(C1)CN(S(=O)(=O)c1cccnc1)C2. The van der Waals surface area contributed by atoms with E-state index in [1.807, 2.05) is 0 Å². The Morgan fingerprint density at radius 1 is 1.16 bits per heavy atom. The summed E-state index contributed by atoms with van der Waals surface area (Å²) in [7, 11) is -3.48. The maximum absolute atomic E-state index is 12.4. The molecule has 6 nitrogen and oxygen atoms in total. The smallest absolute Gasteiger partial charge is 0.245 e. The van der Waals surface area contributed by atoms with Crippen LogP contribution >= 0.6 is 0 Å². The maximum atomic E-state index is 12.4. The predicted octanol–water partition coefficient (Wildman–Crippen LogP) is -0.146. The number of hydrogen-bond donors (Lipinski definition) is 0. The van der Waals surface area contributed by atoms with E-state index >= 15 is 0 Å². The van der Waals surface area contributed by atoms with E-state index in [1.54, 1.807) is 23.2 Å². The fraction of sp³-hybridized carbons (Fsp3) is 0.333. The van der Waals surface area contributed by atoms with Crippen molar-refractivity contribution in [1.29, 1.82) is 0 Å². The first kappa shape index (κ1) is 12.3. The number of aromatic nitrogens is 1. The van der Waals surface area contributed by atoms with Gasteiger partial charge in [-0.2, -0.15) is 4.31 Å². The summed E-state index contributed by atoms with van der Waals surface area (Å²) < 4.78 is 26.2. The molecule has 2 aliphatic heterocycles. The Bertz CT molecular complexity index is 621. The van der Waals surface area contributed by atoms with Crippen molar-refractivity contribution in [3.63, 3.8) is 0 Å². The number of hydrogen-bond acceptors (Lipinski definition) is 4. The molecule has 0 radical (unpaired) electrons. The molecule has 19 heavy (non-hydrogen) atoms. The van der Waals surface area contributed by atoms with Gasteiger partial charge in [0.25, 0.3) is 0 Å². The van der Waals surface area contributed by atoms with Crippen LogP contribution in [0.25, 0.3) is 0 Å². The van der Waals surface area contributed by atoms with Crippen LogP contribution in [0.1, 0.15) is 0 Å². The molecule has 0 bridgehead atoms. The maximum Gasteiger partial charge on any atom is 0.245 e. The van der Waals surface area contributed by atoms with Crippen LogP contribution in [0.2, 0.25) is 0 Å². The summed E-state index contributed by atoms with van der Waals surface area (Å²) in [5.74, 6) is 0. The molecule has 7 heteroatoms. The van der Waals surface area contributed by atoms with Gasteiger partial charge < -0.3 is 4.90 Å². The molecular weight excluding hydrogens is 266 g/mol. The lowest BCUT2D eigenvalue weighted by atomic mass is 10.2. The van der Waals surface area contributed by atoms with E-state index in [2.05, 4.69) is 4.98 Å². The Morgan fingerprint density at radius 3 is 2.37 bits per heavy atom. The molecule has 1 aromatic heterocycles. The molecule has 3 rings (SSSR count). The largest absolute Gasteiger partial charge is 0.337 e. The minimum absolute atomic E-state index is 0.211. The highest BCUT2D eigenvalue weighted by molar-refractivity contribution is 7.89. The van der Waals surface area contributed by atoms with Crippen LogP contribution in [0.5, 0.6) is 0 Å². The molecule has 1 amide bonds. The Labute approximate surface area is 111 Å². The molecule has 3 heterocycles. The number of carbonyl (C=O) groups excluding carboxylic acids is 1. The second-order valence-electron chi connectivity index (χ2n) is 4.68. The average Bonchev–Trinajstić information content (AvgIpc) is 2.97. The van der Waals surface area contributed by atoms with Gasteiger partial charge in [-0.15, -0.1) is 0 Å². The molecule has 1 aromatic rings. The molecule has 0 spiro atoms. The zero-order valence-corrected chi connectivity index (χ0v) is 11.0. The highest BCUT2D eigenvalue weighted by atomic mass is 32.2. The second-order valence-corrected chi connectivity index (χ2v) is 6.62. The van der Waals surface area contributed by atoms with Gasteiger partial charge >= 0.3 is 0 Å². The molecule has 0 aromatic carbocycles. The minimum Gasteiger partial charge on any atom is -0.337 e. The number of carbonyl (C=O) groups is 1. The van der Waals surface area contributed by atoms with Crippen molar-refractivity contribution in [2.24, 2.45) is 0 Å². The van der Waals surface area contributed by atoms with Gasteiger partial charge in [-0.05, 0) is 23.3 Å². The Morgan fingerprint density at radius 2 is 1.84 bits per heavy atom. The predicted molar refractivity (Wildman–Crippen MR) is 67.7 cm³/mol. The van der Waals surface area contributed by atoms with E-state index in [-0.39, 0.29) is 4.90 Å². The van der Waals surface area contributed by atoms with Gasteiger partial charge in [0.05, 0.1) is 0 Å². The van der Waals surface area contributed by atoms with Crippen LogP contribution in [0.3, 0.4) is 0 Å². The van der Waals surface area contributed by atoms with Crippen molar-refractivity contribution in [2.75, 3.05) is 26.2 Å². The van der Waals surface area contributed by atoms with Crippen molar-refractivity contribution < 1.29 is 13.2 Å². The molecule has 0 unspecified atom stereocenters. The molecule has 2 aliphatic rings.